The molecule has 0 heterocycles. The van der Waals surface area contributed by atoms with Crippen LogP contribution in [-0.4, -0.2) is 11.2 Å². The normalized spacial score (nSPS) is 12.5. The number of aliphatic hydroxyl groups is 1. The van der Waals surface area contributed by atoms with Crippen molar-refractivity contribution in [1.29, 1.82) is 0 Å². The molecule has 0 aliphatic heterocycles. The molecule has 0 amide bonds. The third kappa shape index (κ3) is 8.19. The average molecular weight is 210 g/mol. The van der Waals surface area contributed by atoms with Crippen LogP contribution in [0.1, 0.15) is 47.0 Å². The molecule has 1 nitrogen and oxygen atoms in total. The van der Waals surface area contributed by atoms with Crippen LogP contribution in [0.4, 0.5) is 0 Å². The molecule has 88 valence electrons. The summed E-state index contributed by atoms with van der Waals surface area (Å²) in [7, 11) is 0. The second kappa shape index (κ2) is 11.3. The Balaban J connectivity index is 0. The fourth-order valence-corrected chi connectivity index (χ4v) is 1.07. The lowest BCUT2D eigenvalue weighted by molar-refractivity contribution is 0.203. The van der Waals surface area contributed by atoms with Crippen LogP contribution in [0.5, 0.6) is 0 Å². The van der Waals surface area contributed by atoms with Gasteiger partial charge in [-0.2, -0.15) is 0 Å². The van der Waals surface area contributed by atoms with Crippen molar-refractivity contribution in [1.82, 2.24) is 0 Å². The Labute approximate surface area is 95.2 Å². The maximum atomic E-state index is 9.67. The van der Waals surface area contributed by atoms with Crippen molar-refractivity contribution in [2.75, 3.05) is 0 Å². The summed E-state index contributed by atoms with van der Waals surface area (Å²) in [6.45, 7) is 15.7. The zero-order chi connectivity index (χ0) is 12.3. The topological polar surface area (TPSA) is 20.2 Å². The molecular formula is C14H26O. The molecule has 0 fully saturated rings. The van der Waals surface area contributed by atoms with Crippen molar-refractivity contribution in [3.05, 3.63) is 36.5 Å². The molecule has 0 aliphatic carbocycles. The maximum absolute atomic E-state index is 9.67. The molecule has 1 heteroatoms. The highest BCUT2D eigenvalue weighted by Crippen LogP contribution is 2.13. The van der Waals surface area contributed by atoms with Gasteiger partial charge in [-0.05, 0) is 18.4 Å². The van der Waals surface area contributed by atoms with Gasteiger partial charge in [0.25, 0.3) is 0 Å². The standard InChI is InChI=1S/C12H20O.C2H6/c1-5-8-12(13)11(7-3)9-10(4)6-2;1-2/h7,9,12-13H,3-6,8H2,1-2H3;1-2H3/b11-9+;. The summed E-state index contributed by atoms with van der Waals surface area (Å²) in [4.78, 5) is 0. The first-order valence-corrected chi connectivity index (χ1v) is 5.85. The van der Waals surface area contributed by atoms with Crippen molar-refractivity contribution in [3.63, 3.8) is 0 Å². The van der Waals surface area contributed by atoms with Crippen LogP contribution in [0.15, 0.2) is 36.5 Å². The summed E-state index contributed by atoms with van der Waals surface area (Å²) in [5, 5.41) is 9.67. The summed E-state index contributed by atoms with van der Waals surface area (Å²) in [5.41, 5.74) is 1.92. The Kier molecular flexibility index (Phi) is 12.5. The molecule has 0 radical (unpaired) electrons. The highest BCUT2D eigenvalue weighted by molar-refractivity contribution is 5.29. The third-order valence-electron chi connectivity index (χ3n) is 2.01. The predicted octanol–water partition coefficient (Wildman–Crippen LogP) is 4.25. The predicted molar refractivity (Wildman–Crippen MR) is 70.0 cm³/mol. The lowest BCUT2D eigenvalue weighted by atomic mass is 10.0. The molecule has 0 aromatic heterocycles. The van der Waals surface area contributed by atoms with Gasteiger partial charge in [-0.3, -0.25) is 0 Å². The molecule has 1 atom stereocenters. The Morgan fingerprint density at radius 3 is 2.20 bits per heavy atom. The molecule has 1 unspecified atom stereocenters. The Morgan fingerprint density at radius 1 is 1.33 bits per heavy atom. The Hall–Kier alpha value is -0.820. The molecule has 0 aromatic carbocycles. The van der Waals surface area contributed by atoms with E-state index in [9.17, 15) is 5.11 Å². The lowest BCUT2D eigenvalue weighted by Crippen LogP contribution is -2.08. The first-order valence-electron chi connectivity index (χ1n) is 5.85. The molecule has 0 rings (SSSR count). The highest BCUT2D eigenvalue weighted by atomic mass is 16.3. The molecule has 1 N–H and O–H groups in total. The van der Waals surface area contributed by atoms with E-state index < -0.39 is 0 Å². The van der Waals surface area contributed by atoms with Crippen LogP contribution in [0.3, 0.4) is 0 Å². The van der Waals surface area contributed by atoms with E-state index in [0.717, 1.165) is 30.4 Å². The third-order valence-corrected chi connectivity index (χ3v) is 2.01. The second-order valence-corrected chi connectivity index (χ2v) is 3.16. The number of aliphatic hydroxyl groups excluding tert-OH is 1. The fourth-order valence-electron chi connectivity index (χ4n) is 1.07. The van der Waals surface area contributed by atoms with Crippen molar-refractivity contribution < 1.29 is 5.11 Å². The van der Waals surface area contributed by atoms with Crippen molar-refractivity contribution in [2.45, 2.75) is 53.1 Å². The van der Waals surface area contributed by atoms with Crippen molar-refractivity contribution in [2.24, 2.45) is 0 Å². The van der Waals surface area contributed by atoms with E-state index in [1.807, 2.05) is 26.8 Å². The van der Waals surface area contributed by atoms with E-state index in [0.29, 0.717) is 0 Å². The second-order valence-electron chi connectivity index (χ2n) is 3.16. The van der Waals surface area contributed by atoms with Gasteiger partial charge in [0.2, 0.25) is 0 Å². The summed E-state index contributed by atoms with van der Waals surface area (Å²) < 4.78 is 0. The van der Waals surface area contributed by atoms with Crippen LogP contribution < -0.4 is 0 Å². The Morgan fingerprint density at radius 2 is 1.87 bits per heavy atom. The van der Waals surface area contributed by atoms with E-state index in [1.54, 1.807) is 6.08 Å². The van der Waals surface area contributed by atoms with Crippen molar-refractivity contribution in [3.8, 4) is 0 Å². The summed E-state index contributed by atoms with van der Waals surface area (Å²) >= 11 is 0. The number of hydrogen-bond acceptors (Lipinski definition) is 1. The molecule has 0 aliphatic rings. The minimum atomic E-state index is -0.384. The van der Waals surface area contributed by atoms with Gasteiger partial charge in [0.1, 0.15) is 0 Å². The van der Waals surface area contributed by atoms with Crippen LogP contribution in [0, 0.1) is 0 Å². The van der Waals surface area contributed by atoms with Crippen LogP contribution >= 0.6 is 0 Å². The summed E-state index contributed by atoms with van der Waals surface area (Å²) in [6.07, 6.45) is 5.93. The maximum Gasteiger partial charge on any atom is 0.0789 e. The monoisotopic (exact) mass is 210 g/mol. The zero-order valence-corrected chi connectivity index (χ0v) is 10.7. The minimum absolute atomic E-state index is 0.384. The van der Waals surface area contributed by atoms with Crippen molar-refractivity contribution >= 4 is 0 Å². The zero-order valence-electron chi connectivity index (χ0n) is 10.7. The lowest BCUT2D eigenvalue weighted by Gasteiger charge is -2.10. The van der Waals surface area contributed by atoms with Crippen LogP contribution in [0.25, 0.3) is 0 Å². The highest BCUT2D eigenvalue weighted by Gasteiger charge is 2.05. The summed E-state index contributed by atoms with van der Waals surface area (Å²) in [5.74, 6) is 0. The van der Waals surface area contributed by atoms with Crippen LogP contribution in [0.2, 0.25) is 0 Å². The van der Waals surface area contributed by atoms with Gasteiger partial charge in [-0.1, -0.05) is 65.0 Å². The molecule has 0 saturated heterocycles. The molecule has 15 heavy (non-hydrogen) atoms. The van der Waals surface area contributed by atoms with Gasteiger partial charge in [0.05, 0.1) is 6.10 Å². The SMILES string of the molecule is C=C/C(=C\C(=C)CC)C(O)CCC.CC. The van der Waals surface area contributed by atoms with Gasteiger partial charge in [0, 0.05) is 0 Å². The van der Waals surface area contributed by atoms with Gasteiger partial charge in [-0.25, -0.2) is 0 Å². The number of hydrogen-bond donors (Lipinski definition) is 1. The molecule has 0 aromatic rings. The minimum Gasteiger partial charge on any atom is -0.388 e. The molecule has 0 saturated carbocycles. The number of rotatable bonds is 6. The number of allylic oxidation sites excluding steroid dienone is 2. The van der Waals surface area contributed by atoms with E-state index in [4.69, 9.17) is 0 Å². The Bertz CT molecular complexity index is 201. The van der Waals surface area contributed by atoms with Gasteiger partial charge >= 0.3 is 0 Å². The van der Waals surface area contributed by atoms with E-state index in [2.05, 4.69) is 20.1 Å². The fraction of sp³-hybridized carbons (Fsp3) is 0.571. The smallest absolute Gasteiger partial charge is 0.0789 e. The summed E-state index contributed by atoms with van der Waals surface area (Å²) in [6, 6.07) is 0. The van der Waals surface area contributed by atoms with Gasteiger partial charge in [0.15, 0.2) is 0 Å². The van der Waals surface area contributed by atoms with Crippen LogP contribution in [-0.2, 0) is 0 Å². The van der Waals surface area contributed by atoms with Gasteiger partial charge < -0.3 is 5.11 Å². The van der Waals surface area contributed by atoms with Gasteiger partial charge in [-0.15, -0.1) is 0 Å². The average Bonchev–Trinajstić information content (AvgIpc) is 2.28. The van der Waals surface area contributed by atoms with E-state index in [-0.39, 0.29) is 6.10 Å². The first-order chi connectivity index (χ1) is 7.15. The molecule has 0 bridgehead atoms. The molecular weight excluding hydrogens is 184 g/mol. The quantitative estimate of drug-likeness (QED) is 0.650. The van der Waals surface area contributed by atoms with E-state index >= 15 is 0 Å². The first kappa shape index (κ1) is 16.6. The molecule has 0 spiro atoms. The largest absolute Gasteiger partial charge is 0.388 e. The van der Waals surface area contributed by atoms with E-state index in [1.165, 1.54) is 0 Å².